The van der Waals surface area contributed by atoms with Gasteiger partial charge in [-0.2, -0.15) is 0 Å². The van der Waals surface area contributed by atoms with E-state index in [1.54, 1.807) is 18.3 Å². The van der Waals surface area contributed by atoms with Crippen molar-refractivity contribution in [2.24, 2.45) is 5.41 Å². The summed E-state index contributed by atoms with van der Waals surface area (Å²) in [6.45, 7) is 10.3. The summed E-state index contributed by atoms with van der Waals surface area (Å²) in [5.74, 6) is -0.830. The van der Waals surface area contributed by atoms with Gasteiger partial charge in [-0.1, -0.05) is 19.9 Å². The van der Waals surface area contributed by atoms with E-state index in [1.807, 2.05) is 18.4 Å². The van der Waals surface area contributed by atoms with Crippen molar-refractivity contribution < 1.29 is 28.6 Å². The van der Waals surface area contributed by atoms with Gasteiger partial charge in [-0.15, -0.1) is 11.3 Å². The van der Waals surface area contributed by atoms with E-state index in [2.05, 4.69) is 60.0 Å². The third-order valence-corrected chi connectivity index (χ3v) is 12.4. The molecule has 6 heterocycles. The summed E-state index contributed by atoms with van der Waals surface area (Å²) in [4.78, 5) is 50.4. The molecule has 6 bridgehead atoms. The maximum atomic E-state index is 14.0. The average Bonchev–Trinajstić information content (AvgIpc) is 3.60. The number of hydrogen-bond acceptors (Lipinski definition) is 10. The van der Waals surface area contributed by atoms with E-state index in [4.69, 9.17) is 24.2 Å². The molecule has 12 nitrogen and oxygen atoms in total. The third-order valence-electron chi connectivity index (χ3n) is 10.2. The van der Waals surface area contributed by atoms with Crippen LogP contribution in [0.1, 0.15) is 69.3 Å². The number of amides is 2. The number of ether oxygens (including phenoxy) is 3. The number of carbonyl (C=O) groups excluding carboxylic acids is 3. The van der Waals surface area contributed by atoms with Gasteiger partial charge in [0.25, 0.3) is 5.91 Å². The van der Waals surface area contributed by atoms with Gasteiger partial charge in [0.05, 0.1) is 46.9 Å². The summed E-state index contributed by atoms with van der Waals surface area (Å²) in [6.07, 6.45) is 3.73. The SMILES string of the molecule is CCn1c(-c2cccnc2[C@H](C)OC)c2c3cc(ccc31)-c1csc(n1)C[C@H](NC(=O)[C@@H]1CCO1)C(=O)N1CCC[C@H]([Si]N1)C(=O)OCC(C)(C)C2. The number of nitrogens with one attached hydrogen (secondary N) is 2. The number of hydrogen-bond donors (Lipinski definition) is 2. The van der Waals surface area contributed by atoms with Crippen LogP contribution < -0.4 is 10.4 Å². The van der Waals surface area contributed by atoms with Crippen LogP contribution >= 0.6 is 11.3 Å². The molecule has 2 saturated heterocycles. The minimum Gasteiger partial charge on any atom is -0.465 e. The predicted octanol–water partition coefficient (Wildman–Crippen LogP) is 5.03. The lowest BCUT2D eigenvalue weighted by Gasteiger charge is -2.30. The van der Waals surface area contributed by atoms with Crippen LogP contribution in [0.2, 0.25) is 5.54 Å². The van der Waals surface area contributed by atoms with Crippen LogP contribution in [-0.4, -0.2) is 86.0 Å². The largest absolute Gasteiger partial charge is 0.465 e. The molecule has 4 aromatic rings. The molecular formula is C38H46N6O6SSi. The number of methoxy groups -OCH3 is 1. The number of fused-ring (bicyclic) bond motifs is 7. The normalized spacial score (nSPS) is 22.9. The van der Waals surface area contributed by atoms with Crippen LogP contribution in [0.15, 0.2) is 41.9 Å². The number of benzene rings is 1. The Hall–Kier alpha value is -3.95. The van der Waals surface area contributed by atoms with Crippen molar-refractivity contribution in [3.05, 3.63) is 58.2 Å². The van der Waals surface area contributed by atoms with Gasteiger partial charge in [0.2, 0.25) is 5.91 Å². The second kappa shape index (κ2) is 15.2. The molecule has 2 fully saturated rings. The average molecular weight is 743 g/mol. The van der Waals surface area contributed by atoms with Gasteiger partial charge in [-0.05, 0) is 62.9 Å². The van der Waals surface area contributed by atoms with E-state index in [1.165, 1.54) is 11.3 Å². The van der Waals surface area contributed by atoms with Crippen LogP contribution in [0.25, 0.3) is 33.4 Å². The molecule has 0 unspecified atom stereocenters. The molecule has 3 aromatic heterocycles. The standard InChI is InChI=1S/C38H46N6O6SSi/c1-6-43-29-12-11-23-17-25(29)26(34(43)24-9-7-14-39-33(24)22(2)48-5)19-38(3,4)21-50-37(47)31-10-8-15-44(42-52-31)36(46)27(18-32-40-28(23)20-51-32)41-35(45)30-13-16-49-30/h7,9,11-12,14,17,20,22,27,30-31,42H,6,8,10,13,15-16,18-19,21H2,1-5H3,(H,41,45)/t22-,27-,30-,31-/m0/s1. The Balaban J connectivity index is 1.35. The van der Waals surface area contributed by atoms with Gasteiger partial charge >= 0.3 is 5.97 Å². The van der Waals surface area contributed by atoms with Crippen molar-refractivity contribution in [1.29, 1.82) is 0 Å². The van der Waals surface area contributed by atoms with E-state index in [9.17, 15) is 14.4 Å². The summed E-state index contributed by atoms with van der Waals surface area (Å²) < 4.78 is 19.6. The summed E-state index contributed by atoms with van der Waals surface area (Å²) in [5, 5.41) is 11.6. The highest BCUT2D eigenvalue weighted by Crippen LogP contribution is 2.42. The van der Waals surface area contributed by atoms with E-state index in [-0.39, 0.29) is 52.1 Å². The van der Waals surface area contributed by atoms with Gasteiger partial charge < -0.3 is 24.1 Å². The maximum Gasteiger partial charge on any atom is 0.307 e. The zero-order valence-corrected chi connectivity index (χ0v) is 32.2. The van der Waals surface area contributed by atoms with Gasteiger partial charge in [-0.25, -0.2) is 4.98 Å². The van der Waals surface area contributed by atoms with Crippen LogP contribution in [0.5, 0.6) is 0 Å². The highest BCUT2D eigenvalue weighted by Gasteiger charge is 2.36. The minimum atomic E-state index is -0.849. The smallest absolute Gasteiger partial charge is 0.307 e. The Morgan fingerprint density at radius 2 is 2.08 bits per heavy atom. The third kappa shape index (κ3) is 7.31. The van der Waals surface area contributed by atoms with Gasteiger partial charge in [0, 0.05) is 72.1 Å². The Kier molecular flexibility index (Phi) is 10.6. The lowest BCUT2D eigenvalue weighted by Crippen LogP contribution is -2.57. The molecule has 7 rings (SSSR count). The van der Waals surface area contributed by atoms with Crippen molar-refractivity contribution in [1.82, 2.24) is 30.0 Å². The fourth-order valence-electron chi connectivity index (χ4n) is 7.24. The topological polar surface area (TPSA) is 137 Å². The fourth-order valence-corrected chi connectivity index (χ4v) is 9.17. The molecule has 0 spiro atoms. The quantitative estimate of drug-likeness (QED) is 0.206. The summed E-state index contributed by atoms with van der Waals surface area (Å²) in [6, 6.07) is 9.67. The molecule has 274 valence electrons. The molecule has 2 N–H and O–H groups in total. The monoisotopic (exact) mass is 742 g/mol. The van der Waals surface area contributed by atoms with E-state index < -0.39 is 17.6 Å². The molecule has 3 aliphatic rings. The fraction of sp³-hybridized carbons (Fsp3) is 0.500. The second-order valence-corrected chi connectivity index (χ2v) is 16.7. The molecule has 3 aliphatic heterocycles. The highest BCUT2D eigenvalue weighted by molar-refractivity contribution is 7.10. The maximum absolute atomic E-state index is 14.0. The lowest BCUT2D eigenvalue weighted by molar-refractivity contribution is -0.149. The molecule has 4 atom stereocenters. The number of aromatic nitrogens is 3. The van der Waals surface area contributed by atoms with Crippen molar-refractivity contribution in [3.8, 4) is 22.5 Å². The van der Waals surface area contributed by atoms with Crippen LogP contribution in [0, 0.1) is 5.41 Å². The van der Waals surface area contributed by atoms with E-state index in [0.29, 0.717) is 38.8 Å². The highest BCUT2D eigenvalue weighted by atomic mass is 32.1. The molecule has 2 radical (unpaired) electrons. The minimum absolute atomic E-state index is 0.0460. The Morgan fingerprint density at radius 1 is 1.25 bits per heavy atom. The predicted molar refractivity (Wildman–Crippen MR) is 199 cm³/mol. The number of cyclic esters (lactones) is 1. The lowest BCUT2D eigenvalue weighted by atomic mass is 9.84. The molecular weight excluding hydrogens is 697 g/mol. The summed E-state index contributed by atoms with van der Waals surface area (Å²) in [5.41, 5.74) is 6.13. The van der Waals surface area contributed by atoms with Gasteiger partial charge in [0.15, 0.2) is 9.68 Å². The Morgan fingerprint density at radius 3 is 2.83 bits per heavy atom. The number of thiazole rings is 1. The van der Waals surface area contributed by atoms with Crippen molar-refractivity contribution in [3.63, 3.8) is 0 Å². The number of carbonyl (C=O) groups is 3. The van der Waals surface area contributed by atoms with Crippen molar-refractivity contribution in [2.75, 3.05) is 26.9 Å². The molecule has 0 saturated carbocycles. The zero-order valence-electron chi connectivity index (χ0n) is 30.4. The first-order chi connectivity index (χ1) is 25.1. The number of nitrogens with zero attached hydrogens (tertiary/aromatic N) is 4. The summed E-state index contributed by atoms with van der Waals surface area (Å²) >= 11 is 1.47. The number of rotatable bonds is 6. The molecule has 1 aromatic carbocycles. The van der Waals surface area contributed by atoms with Crippen molar-refractivity contribution in [2.45, 2.75) is 90.1 Å². The van der Waals surface area contributed by atoms with Crippen LogP contribution in [0.3, 0.4) is 0 Å². The number of esters is 1. The van der Waals surface area contributed by atoms with Crippen LogP contribution in [-0.2, 0) is 48.0 Å². The molecule has 0 aliphatic carbocycles. The van der Waals surface area contributed by atoms with Gasteiger partial charge in [0.1, 0.15) is 12.1 Å². The summed E-state index contributed by atoms with van der Waals surface area (Å²) in [7, 11) is 1.65. The zero-order chi connectivity index (χ0) is 36.6. The number of pyridine rings is 1. The first kappa shape index (κ1) is 36.4. The number of aryl methyl sites for hydroxylation is 1. The second-order valence-electron chi connectivity index (χ2n) is 14.5. The Labute approximate surface area is 310 Å². The first-order valence-corrected chi connectivity index (χ1v) is 20.0. The molecule has 14 heteroatoms. The van der Waals surface area contributed by atoms with Crippen LogP contribution in [0.4, 0.5) is 0 Å². The van der Waals surface area contributed by atoms with Crippen molar-refractivity contribution >= 4 is 49.7 Å². The molecule has 52 heavy (non-hydrogen) atoms. The van der Waals surface area contributed by atoms with E-state index >= 15 is 0 Å². The Bertz CT molecular complexity index is 1970. The van der Waals surface area contributed by atoms with E-state index in [0.717, 1.165) is 56.2 Å². The first-order valence-electron chi connectivity index (χ1n) is 18.1. The number of hydrazine groups is 1. The molecule has 2 amide bonds. The van der Waals surface area contributed by atoms with Gasteiger partial charge in [-0.3, -0.25) is 29.5 Å².